The number of aliphatic hydroxyl groups is 1. The van der Waals surface area contributed by atoms with Crippen LogP contribution < -0.4 is 5.32 Å². The minimum atomic E-state index is -0.162. The molecule has 0 aromatic rings. The monoisotopic (exact) mass is 337 g/mol. The van der Waals surface area contributed by atoms with Crippen LogP contribution in [0, 0.1) is 11.8 Å². The van der Waals surface area contributed by atoms with Crippen LogP contribution in [0.5, 0.6) is 0 Å². The molecule has 3 rings (SSSR count). The smallest absolute Gasteiger partial charge is 0.317 e. The van der Waals surface area contributed by atoms with Crippen molar-refractivity contribution >= 4 is 6.03 Å². The number of likely N-dealkylation sites (tertiary alicyclic amines) is 2. The molecule has 3 aliphatic rings. The number of hydrogen-bond acceptors (Lipinski definition) is 3. The minimum absolute atomic E-state index is 0.119. The Hall–Kier alpha value is -0.810. The predicted octanol–water partition coefficient (Wildman–Crippen LogP) is 2.44. The number of carbonyl (C=O) groups excluding carboxylic acids is 1. The van der Waals surface area contributed by atoms with Crippen LogP contribution >= 0.6 is 0 Å². The van der Waals surface area contributed by atoms with E-state index in [2.05, 4.69) is 17.1 Å². The molecular formula is C19H35N3O2. The van der Waals surface area contributed by atoms with Crippen LogP contribution in [0.15, 0.2) is 0 Å². The van der Waals surface area contributed by atoms with Gasteiger partial charge in [0.1, 0.15) is 0 Å². The van der Waals surface area contributed by atoms with Crippen LogP contribution in [0.4, 0.5) is 4.79 Å². The van der Waals surface area contributed by atoms with Crippen LogP contribution in [0.1, 0.15) is 58.3 Å². The normalized spacial score (nSPS) is 33.4. The largest absolute Gasteiger partial charge is 0.393 e. The fourth-order valence-corrected chi connectivity index (χ4v) is 4.49. The maximum Gasteiger partial charge on any atom is 0.317 e. The number of nitrogens with zero attached hydrogens (tertiary/aromatic N) is 2. The van der Waals surface area contributed by atoms with Gasteiger partial charge >= 0.3 is 6.03 Å². The highest BCUT2D eigenvalue weighted by Crippen LogP contribution is 2.23. The van der Waals surface area contributed by atoms with Crippen molar-refractivity contribution in [2.75, 3.05) is 32.7 Å². The van der Waals surface area contributed by atoms with Crippen LogP contribution in [0.3, 0.4) is 0 Å². The van der Waals surface area contributed by atoms with E-state index >= 15 is 0 Å². The van der Waals surface area contributed by atoms with Gasteiger partial charge in [0, 0.05) is 25.7 Å². The summed E-state index contributed by atoms with van der Waals surface area (Å²) in [7, 11) is 0. The molecule has 0 bridgehead atoms. The molecule has 0 radical (unpaired) electrons. The van der Waals surface area contributed by atoms with Crippen molar-refractivity contribution in [2.24, 2.45) is 11.8 Å². The van der Waals surface area contributed by atoms with Crippen molar-refractivity contribution in [1.29, 1.82) is 0 Å². The Morgan fingerprint density at radius 3 is 2.46 bits per heavy atom. The molecule has 1 aliphatic carbocycles. The Bertz CT molecular complexity index is 401. The standard InChI is InChI=1S/C19H35N3O2/c1-15-8-11-21(12-9-15)13-16-3-2-10-22(14-16)19(24)20-17-4-6-18(23)7-5-17/h15-18,23H,2-14H2,1H3,(H,20,24). The van der Waals surface area contributed by atoms with Crippen LogP contribution in [-0.2, 0) is 0 Å². The first-order chi connectivity index (χ1) is 11.6. The third kappa shape index (κ3) is 5.09. The van der Waals surface area contributed by atoms with Gasteiger partial charge in [-0.3, -0.25) is 0 Å². The Kier molecular flexibility index (Phi) is 6.39. The summed E-state index contributed by atoms with van der Waals surface area (Å²) >= 11 is 0. The van der Waals surface area contributed by atoms with Crippen molar-refractivity contribution in [1.82, 2.24) is 15.1 Å². The highest BCUT2D eigenvalue weighted by atomic mass is 16.3. The minimum Gasteiger partial charge on any atom is -0.393 e. The van der Waals surface area contributed by atoms with E-state index in [1.165, 1.54) is 32.4 Å². The molecule has 138 valence electrons. The summed E-state index contributed by atoms with van der Waals surface area (Å²) in [5, 5.41) is 12.8. The number of rotatable bonds is 3. The zero-order valence-corrected chi connectivity index (χ0v) is 15.3. The van der Waals surface area contributed by atoms with Crippen LogP contribution in [-0.4, -0.2) is 65.8 Å². The molecule has 0 aromatic carbocycles. The van der Waals surface area contributed by atoms with E-state index in [4.69, 9.17) is 0 Å². The average Bonchev–Trinajstić information content (AvgIpc) is 2.59. The van der Waals surface area contributed by atoms with Crippen molar-refractivity contribution < 1.29 is 9.90 Å². The first-order valence-electron chi connectivity index (χ1n) is 10.1. The second-order valence-electron chi connectivity index (χ2n) is 8.39. The predicted molar refractivity (Wildman–Crippen MR) is 95.9 cm³/mol. The molecule has 2 amide bonds. The molecule has 24 heavy (non-hydrogen) atoms. The lowest BCUT2D eigenvalue weighted by Crippen LogP contribution is -2.51. The van der Waals surface area contributed by atoms with E-state index in [1.54, 1.807) is 0 Å². The van der Waals surface area contributed by atoms with Crippen molar-refractivity contribution in [3.05, 3.63) is 0 Å². The quantitative estimate of drug-likeness (QED) is 0.832. The van der Waals surface area contributed by atoms with Gasteiger partial charge in [-0.05, 0) is 76.3 Å². The second-order valence-corrected chi connectivity index (χ2v) is 8.39. The van der Waals surface area contributed by atoms with E-state index in [9.17, 15) is 9.90 Å². The fraction of sp³-hybridized carbons (Fsp3) is 0.947. The number of carbonyl (C=O) groups is 1. The molecule has 5 nitrogen and oxygen atoms in total. The first-order valence-corrected chi connectivity index (χ1v) is 10.1. The van der Waals surface area contributed by atoms with E-state index in [1.807, 2.05) is 4.90 Å². The average molecular weight is 338 g/mol. The van der Waals surface area contributed by atoms with Gasteiger partial charge in [0.15, 0.2) is 0 Å². The van der Waals surface area contributed by atoms with Gasteiger partial charge in [-0.2, -0.15) is 0 Å². The summed E-state index contributed by atoms with van der Waals surface area (Å²) in [4.78, 5) is 17.2. The molecule has 0 aromatic heterocycles. The van der Waals surface area contributed by atoms with Crippen LogP contribution in [0.25, 0.3) is 0 Å². The molecular weight excluding hydrogens is 302 g/mol. The lowest BCUT2D eigenvalue weighted by molar-refractivity contribution is 0.106. The second kappa shape index (κ2) is 8.52. The van der Waals surface area contributed by atoms with Gasteiger partial charge in [0.05, 0.1) is 6.10 Å². The van der Waals surface area contributed by atoms with E-state index < -0.39 is 0 Å². The van der Waals surface area contributed by atoms with Gasteiger partial charge in [0.25, 0.3) is 0 Å². The van der Waals surface area contributed by atoms with Crippen molar-refractivity contribution in [2.45, 2.75) is 70.4 Å². The number of piperidine rings is 2. The van der Waals surface area contributed by atoms with Crippen molar-refractivity contribution in [3.8, 4) is 0 Å². The Balaban J connectivity index is 1.42. The molecule has 1 atom stereocenters. The van der Waals surface area contributed by atoms with Gasteiger partial charge in [0.2, 0.25) is 0 Å². The molecule has 3 fully saturated rings. The summed E-state index contributed by atoms with van der Waals surface area (Å²) in [6.45, 7) is 7.78. The lowest BCUT2D eigenvalue weighted by Gasteiger charge is -2.38. The summed E-state index contributed by atoms with van der Waals surface area (Å²) in [6, 6.07) is 0.373. The third-order valence-corrected chi connectivity index (χ3v) is 6.22. The Labute approximate surface area is 146 Å². The van der Waals surface area contributed by atoms with Gasteiger partial charge in [-0.15, -0.1) is 0 Å². The van der Waals surface area contributed by atoms with Crippen LogP contribution in [0.2, 0.25) is 0 Å². The summed E-state index contributed by atoms with van der Waals surface area (Å²) < 4.78 is 0. The van der Waals surface area contributed by atoms with Gasteiger partial charge in [-0.25, -0.2) is 4.79 Å². The third-order valence-electron chi connectivity index (χ3n) is 6.22. The highest BCUT2D eigenvalue weighted by Gasteiger charge is 2.28. The number of nitrogens with one attached hydrogen (secondary N) is 1. The maximum absolute atomic E-state index is 12.6. The molecule has 2 aliphatic heterocycles. The molecule has 2 saturated heterocycles. The first kappa shape index (κ1) is 18.0. The molecule has 2 heterocycles. The summed E-state index contributed by atoms with van der Waals surface area (Å²) in [5.74, 6) is 1.51. The number of amides is 2. The number of hydrogen-bond donors (Lipinski definition) is 2. The number of aliphatic hydroxyl groups excluding tert-OH is 1. The van der Waals surface area contributed by atoms with Crippen molar-refractivity contribution in [3.63, 3.8) is 0 Å². The molecule has 5 heteroatoms. The van der Waals surface area contributed by atoms with E-state index in [-0.39, 0.29) is 18.2 Å². The number of urea groups is 1. The van der Waals surface area contributed by atoms with E-state index in [0.29, 0.717) is 5.92 Å². The van der Waals surface area contributed by atoms with E-state index in [0.717, 1.165) is 57.7 Å². The zero-order chi connectivity index (χ0) is 16.9. The molecule has 1 saturated carbocycles. The highest BCUT2D eigenvalue weighted by molar-refractivity contribution is 5.74. The molecule has 1 unspecified atom stereocenters. The Morgan fingerprint density at radius 2 is 1.75 bits per heavy atom. The molecule has 0 spiro atoms. The lowest BCUT2D eigenvalue weighted by atomic mass is 9.93. The Morgan fingerprint density at radius 1 is 1.04 bits per heavy atom. The summed E-state index contributed by atoms with van der Waals surface area (Å²) in [5.41, 5.74) is 0. The van der Waals surface area contributed by atoms with Gasteiger partial charge in [-0.1, -0.05) is 6.92 Å². The zero-order valence-electron chi connectivity index (χ0n) is 15.3. The van der Waals surface area contributed by atoms with Gasteiger partial charge < -0.3 is 20.2 Å². The fourth-order valence-electron chi connectivity index (χ4n) is 4.49. The summed E-state index contributed by atoms with van der Waals surface area (Å²) in [6.07, 6.45) is 8.34. The topological polar surface area (TPSA) is 55.8 Å². The maximum atomic E-state index is 12.6. The molecule has 2 N–H and O–H groups in total. The SMILES string of the molecule is CC1CCN(CC2CCCN(C(=O)NC3CCC(O)CC3)C2)CC1.